The van der Waals surface area contributed by atoms with Gasteiger partial charge in [0, 0.05) is 12.1 Å². The van der Waals surface area contributed by atoms with E-state index in [2.05, 4.69) is 5.32 Å². The Hall–Kier alpha value is -2.49. The molecule has 0 aliphatic heterocycles. The molecule has 0 fully saturated rings. The molecule has 0 bridgehead atoms. The van der Waals surface area contributed by atoms with Gasteiger partial charge >= 0.3 is 0 Å². The zero-order valence-electron chi connectivity index (χ0n) is 14.8. The second-order valence-corrected chi connectivity index (χ2v) is 5.73. The summed E-state index contributed by atoms with van der Waals surface area (Å²) in [6.45, 7) is 6.53. The number of anilines is 1. The highest BCUT2D eigenvalue weighted by atomic mass is 16.5. The van der Waals surface area contributed by atoms with Crippen LogP contribution in [0, 0.1) is 13.8 Å². The summed E-state index contributed by atoms with van der Waals surface area (Å²) in [5.74, 6) is 1.44. The maximum Gasteiger partial charge on any atom is 0.224 e. The predicted molar refractivity (Wildman–Crippen MR) is 97.0 cm³/mol. The molecule has 2 aromatic carbocycles. The first-order valence-corrected chi connectivity index (χ1v) is 8.21. The van der Waals surface area contributed by atoms with Gasteiger partial charge in [0.1, 0.15) is 0 Å². The van der Waals surface area contributed by atoms with Crippen molar-refractivity contribution in [3.63, 3.8) is 0 Å². The molecule has 0 aliphatic carbocycles. The molecule has 0 heterocycles. The predicted octanol–water partition coefficient (Wildman–Crippen LogP) is 4.28. The second kappa shape index (κ2) is 8.39. The first-order chi connectivity index (χ1) is 11.5. The smallest absolute Gasteiger partial charge is 0.224 e. The molecule has 0 radical (unpaired) electrons. The van der Waals surface area contributed by atoms with E-state index in [0.29, 0.717) is 25.2 Å². The van der Waals surface area contributed by atoms with Gasteiger partial charge in [-0.15, -0.1) is 0 Å². The Labute approximate surface area is 143 Å². The monoisotopic (exact) mass is 327 g/mol. The summed E-state index contributed by atoms with van der Waals surface area (Å²) in [6.07, 6.45) is 1.07. The van der Waals surface area contributed by atoms with Crippen LogP contribution in [0.4, 0.5) is 5.69 Å². The normalized spacial score (nSPS) is 10.3. The number of carbonyl (C=O) groups excluding carboxylic acids is 1. The first kappa shape index (κ1) is 17.9. The molecule has 2 aromatic rings. The zero-order chi connectivity index (χ0) is 17.5. The van der Waals surface area contributed by atoms with E-state index in [1.165, 1.54) is 0 Å². The number of nitrogens with one attached hydrogen (secondary N) is 1. The van der Waals surface area contributed by atoms with Crippen molar-refractivity contribution in [3.05, 3.63) is 53.1 Å². The third kappa shape index (κ3) is 4.51. The minimum absolute atomic E-state index is 0.0141. The zero-order valence-corrected chi connectivity index (χ0v) is 14.8. The van der Waals surface area contributed by atoms with Crippen LogP contribution in [0.15, 0.2) is 36.4 Å². The highest BCUT2D eigenvalue weighted by Gasteiger charge is 2.09. The standard InChI is InChI=1S/C20H25NO3/c1-5-24-17-11-9-16(13-18(17)23-4)10-12-19(22)21-20-14(2)7-6-8-15(20)3/h6-9,11,13H,5,10,12H2,1-4H3,(H,21,22). The quantitative estimate of drug-likeness (QED) is 0.825. The fourth-order valence-electron chi connectivity index (χ4n) is 2.61. The van der Waals surface area contributed by atoms with E-state index in [-0.39, 0.29) is 5.91 Å². The van der Waals surface area contributed by atoms with Gasteiger partial charge in [0.2, 0.25) is 5.91 Å². The van der Waals surface area contributed by atoms with Crippen LogP contribution >= 0.6 is 0 Å². The van der Waals surface area contributed by atoms with Crippen molar-refractivity contribution >= 4 is 11.6 Å². The lowest BCUT2D eigenvalue weighted by molar-refractivity contribution is -0.116. The van der Waals surface area contributed by atoms with Crippen molar-refractivity contribution < 1.29 is 14.3 Å². The maximum atomic E-state index is 12.2. The molecule has 1 N–H and O–H groups in total. The molecule has 0 unspecified atom stereocenters. The maximum absolute atomic E-state index is 12.2. The minimum Gasteiger partial charge on any atom is -0.493 e. The fourth-order valence-corrected chi connectivity index (χ4v) is 2.61. The Bertz CT molecular complexity index is 690. The number of carbonyl (C=O) groups is 1. The number of methoxy groups -OCH3 is 1. The van der Waals surface area contributed by atoms with Gasteiger partial charge in [-0.25, -0.2) is 0 Å². The molecule has 4 nitrogen and oxygen atoms in total. The lowest BCUT2D eigenvalue weighted by Gasteiger charge is -2.12. The van der Waals surface area contributed by atoms with E-state index in [1.807, 2.05) is 57.2 Å². The minimum atomic E-state index is 0.0141. The molecule has 0 saturated carbocycles. The van der Waals surface area contributed by atoms with Crippen LogP contribution in [0.3, 0.4) is 0 Å². The Morgan fingerprint density at radius 1 is 1.08 bits per heavy atom. The van der Waals surface area contributed by atoms with Crippen molar-refractivity contribution in [2.75, 3.05) is 19.0 Å². The summed E-state index contributed by atoms with van der Waals surface area (Å²) in [7, 11) is 1.62. The lowest BCUT2D eigenvalue weighted by atomic mass is 10.1. The third-order valence-corrected chi connectivity index (χ3v) is 3.91. The van der Waals surface area contributed by atoms with Crippen molar-refractivity contribution in [1.29, 1.82) is 0 Å². The number of amides is 1. The largest absolute Gasteiger partial charge is 0.493 e. The summed E-state index contributed by atoms with van der Waals surface area (Å²) in [5.41, 5.74) is 4.11. The molecule has 128 valence electrons. The molecule has 0 aliphatic rings. The molecule has 2 rings (SSSR count). The number of ether oxygens (including phenoxy) is 2. The molecular weight excluding hydrogens is 302 g/mol. The van der Waals surface area contributed by atoms with E-state index in [1.54, 1.807) is 7.11 Å². The number of hydrogen-bond acceptors (Lipinski definition) is 3. The van der Waals surface area contributed by atoms with Crippen LogP contribution in [-0.4, -0.2) is 19.6 Å². The van der Waals surface area contributed by atoms with Crippen LogP contribution in [0.2, 0.25) is 0 Å². The summed E-state index contributed by atoms with van der Waals surface area (Å²) >= 11 is 0. The van der Waals surface area contributed by atoms with Gasteiger partial charge in [0.25, 0.3) is 0 Å². The van der Waals surface area contributed by atoms with Crippen molar-refractivity contribution in [1.82, 2.24) is 0 Å². The van der Waals surface area contributed by atoms with Crippen molar-refractivity contribution in [3.8, 4) is 11.5 Å². The molecule has 0 saturated heterocycles. The topological polar surface area (TPSA) is 47.6 Å². The lowest BCUT2D eigenvalue weighted by Crippen LogP contribution is -2.14. The van der Waals surface area contributed by atoms with Gasteiger partial charge in [0.15, 0.2) is 11.5 Å². The first-order valence-electron chi connectivity index (χ1n) is 8.21. The molecule has 0 aromatic heterocycles. The molecule has 1 amide bonds. The van der Waals surface area contributed by atoms with Gasteiger partial charge in [-0.2, -0.15) is 0 Å². The Balaban J connectivity index is 1.99. The van der Waals surface area contributed by atoms with Crippen molar-refractivity contribution in [2.24, 2.45) is 0 Å². The Morgan fingerprint density at radius 2 is 1.79 bits per heavy atom. The molecular formula is C20H25NO3. The van der Waals surface area contributed by atoms with Crippen LogP contribution in [0.1, 0.15) is 30.0 Å². The number of benzene rings is 2. The summed E-state index contributed by atoms with van der Waals surface area (Å²) < 4.78 is 10.9. The van der Waals surface area contributed by atoms with Crippen LogP contribution < -0.4 is 14.8 Å². The summed E-state index contributed by atoms with van der Waals surface area (Å²) in [4.78, 5) is 12.2. The Morgan fingerprint density at radius 3 is 2.42 bits per heavy atom. The number of hydrogen-bond donors (Lipinski definition) is 1. The SMILES string of the molecule is CCOc1ccc(CCC(=O)Nc2c(C)cccc2C)cc1OC. The third-order valence-electron chi connectivity index (χ3n) is 3.91. The average Bonchev–Trinajstić information content (AvgIpc) is 2.57. The molecule has 0 atom stereocenters. The van der Waals surface area contributed by atoms with Gasteiger partial charge in [-0.3, -0.25) is 4.79 Å². The molecule has 24 heavy (non-hydrogen) atoms. The molecule has 0 spiro atoms. The summed E-state index contributed by atoms with van der Waals surface area (Å²) in [6, 6.07) is 11.8. The van der Waals surface area contributed by atoms with E-state index < -0.39 is 0 Å². The van der Waals surface area contributed by atoms with E-state index in [9.17, 15) is 4.79 Å². The highest BCUT2D eigenvalue weighted by molar-refractivity contribution is 5.92. The van der Waals surface area contributed by atoms with Crippen molar-refractivity contribution in [2.45, 2.75) is 33.6 Å². The number of para-hydroxylation sites is 1. The highest BCUT2D eigenvalue weighted by Crippen LogP contribution is 2.28. The van der Waals surface area contributed by atoms with Gasteiger partial charge in [0.05, 0.1) is 13.7 Å². The average molecular weight is 327 g/mol. The van der Waals surface area contributed by atoms with Gasteiger partial charge < -0.3 is 14.8 Å². The Kier molecular flexibility index (Phi) is 6.24. The van der Waals surface area contributed by atoms with E-state index >= 15 is 0 Å². The second-order valence-electron chi connectivity index (χ2n) is 5.73. The van der Waals surface area contributed by atoms with Crippen LogP contribution in [0.5, 0.6) is 11.5 Å². The fraction of sp³-hybridized carbons (Fsp3) is 0.350. The van der Waals surface area contributed by atoms with Gasteiger partial charge in [-0.05, 0) is 56.0 Å². The number of rotatable bonds is 7. The number of aryl methyl sites for hydroxylation is 3. The van der Waals surface area contributed by atoms with E-state index in [4.69, 9.17) is 9.47 Å². The van der Waals surface area contributed by atoms with Crippen LogP contribution in [-0.2, 0) is 11.2 Å². The van der Waals surface area contributed by atoms with E-state index in [0.717, 1.165) is 28.1 Å². The van der Waals surface area contributed by atoms with Crippen LogP contribution in [0.25, 0.3) is 0 Å². The summed E-state index contributed by atoms with van der Waals surface area (Å²) in [5, 5.41) is 3.01. The van der Waals surface area contributed by atoms with Gasteiger partial charge in [-0.1, -0.05) is 24.3 Å². The molecule has 4 heteroatoms.